The van der Waals surface area contributed by atoms with Crippen LogP contribution in [0.2, 0.25) is 5.02 Å². The van der Waals surface area contributed by atoms with E-state index in [-0.39, 0.29) is 0 Å². The molecule has 20 heavy (non-hydrogen) atoms. The smallest absolute Gasteiger partial charge is 0.231 e. The molecular weight excluding hydrogens is 274 g/mol. The van der Waals surface area contributed by atoms with Crippen molar-refractivity contribution in [1.29, 1.82) is 0 Å². The van der Waals surface area contributed by atoms with Crippen molar-refractivity contribution in [3.63, 3.8) is 0 Å². The summed E-state index contributed by atoms with van der Waals surface area (Å²) in [6.45, 7) is 0. The first-order valence-corrected chi connectivity index (χ1v) is 6.51. The molecule has 0 atom stereocenters. The minimum atomic E-state index is 0.556. The fourth-order valence-electron chi connectivity index (χ4n) is 1.92. The molecule has 4 nitrogen and oxygen atoms in total. The number of nitrogen functional groups attached to an aromatic ring is 1. The monoisotopic (exact) mass is 285 g/mol. The molecule has 0 saturated heterocycles. The lowest BCUT2D eigenvalue weighted by Gasteiger charge is -1.97. The maximum absolute atomic E-state index is 5.85. The average molecular weight is 286 g/mol. The summed E-state index contributed by atoms with van der Waals surface area (Å²) < 4.78 is 5.26. The van der Waals surface area contributed by atoms with Gasteiger partial charge in [0, 0.05) is 16.3 Å². The number of benzene rings is 2. The second-order valence-electron chi connectivity index (χ2n) is 4.44. The number of rotatable bonds is 3. The maximum atomic E-state index is 5.85. The predicted octanol–water partition coefficient (Wildman–Crippen LogP) is 3.56. The van der Waals surface area contributed by atoms with E-state index in [1.165, 1.54) is 0 Å². The van der Waals surface area contributed by atoms with Gasteiger partial charge in [0.25, 0.3) is 0 Å². The molecule has 5 heteroatoms. The molecule has 0 spiro atoms. The van der Waals surface area contributed by atoms with Gasteiger partial charge in [-0.05, 0) is 42.0 Å². The average Bonchev–Trinajstić information content (AvgIpc) is 2.88. The Kier molecular flexibility index (Phi) is 3.39. The van der Waals surface area contributed by atoms with Crippen molar-refractivity contribution in [1.82, 2.24) is 10.1 Å². The molecule has 0 aliphatic rings. The van der Waals surface area contributed by atoms with Gasteiger partial charge in [0.05, 0.1) is 6.42 Å². The van der Waals surface area contributed by atoms with Crippen LogP contribution in [0.1, 0.15) is 11.5 Å². The SMILES string of the molecule is Nc1cccc(Cc2nc(-c3ccc(Cl)cc3)no2)c1. The molecule has 1 heterocycles. The predicted molar refractivity (Wildman–Crippen MR) is 78.4 cm³/mol. The fraction of sp³-hybridized carbons (Fsp3) is 0.0667. The Morgan fingerprint density at radius 2 is 1.90 bits per heavy atom. The Balaban J connectivity index is 1.82. The highest BCUT2D eigenvalue weighted by Crippen LogP contribution is 2.19. The summed E-state index contributed by atoms with van der Waals surface area (Å²) in [5, 5.41) is 4.65. The van der Waals surface area contributed by atoms with Gasteiger partial charge in [0.15, 0.2) is 0 Å². The molecule has 0 aliphatic heterocycles. The van der Waals surface area contributed by atoms with Gasteiger partial charge in [0.2, 0.25) is 11.7 Å². The van der Waals surface area contributed by atoms with Gasteiger partial charge in [-0.3, -0.25) is 0 Å². The molecule has 1 aromatic heterocycles. The Labute approximate surface area is 121 Å². The molecule has 0 aliphatic carbocycles. The zero-order valence-corrected chi connectivity index (χ0v) is 11.3. The fourth-order valence-corrected chi connectivity index (χ4v) is 2.05. The lowest BCUT2D eigenvalue weighted by molar-refractivity contribution is 0.386. The van der Waals surface area contributed by atoms with E-state index in [9.17, 15) is 0 Å². The van der Waals surface area contributed by atoms with Gasteiger partial charge in [-0.1, -0.05) is 28.9 Å². The zero-order valence-electron chi connectivity index (χ0n) is 10.6. The third-order valence-corrected chi connectivity index (χ3v) is 3.13. The van der Waals surface area contributed by atoms with Crippen LogP contribution in [0.25, 0.3) is 11.4 Å². The number of nitrogens with two attached hydrogens (primary N) is 1. The number of aromatic nitrogens is 2. The van der Waals surface area contributed by atoms with E-state index in [1.807, 2.05) is 36.4 Å². The molecule has 0 bridgehead atoms. The molecular formula is C15H12ClN3O. The van der Waals surface area contributed by atoms with Crippen molar-refractivity contribution in [2.75, 3.05) is 5.73 Å². The summed E-state index contributed by atoms with van der Waals surface area (Å²) in [4.78, 5) is 4.37. The van der Waals surface area contributed by atoms with Gasteiger partial charge in [-0.2, -0.15) is 4.98 Å². The number of hydrogen-bond donors (Lipinski definition) is 1. The van der Waals surface area contributed by atoms with Gasteiger partial charge < -0.3 is 10.3 Å². The molecule has 2 aromatic carbocycles. The first-order chi connectivity index (χ1) is 9.70. The summed E-state index contributed by atoms with van der Waals surface area (Å²) in [5.74, 6) is 1.11. The molecule has 3 aromatic rings. The maximum Gasteiger partial charge on any atom is 0.231 e. The summed E-state index contributed by atoms with van der Waals surface area (Å²) >= 11 is 5.85. The van der Waals surface area contributed by atoms with Gasteiger partial charge >= 0.3 is 0 Å². The summed E-state index contributed by atoms with van der Waals surface area (Å²) in [6, 6.07) is 14.9. The first-order valence-electron chi connectivity index (χ1n) is 6.14. The third kappa shape index (κ3) is 2.81. The molecule has 2 N–H and O–H groups in total. The van der Waals surface area contributed by atoms with Crippen molar-refractivity contribution in [2.45, 2.75) is 6.42 Å². The number of halogens is 1. The van der Waals surface area contributed by atoms with Gasteiger partial charge in [-0.25, -0.2) is 0 Å². The van der Waals surface area contributed by atoms with Crippen molar-refractivity contribution in [2.24, 2.45) is 0 Å². The van der Waals surface area contributed by atoms with E-state index in [4.69, 9.17) is 21.9 Å². The molecule has 0 fully saturated rings. The van der Waals surface area contributed by atoms with Crippen molar-refractivity contribution < 1.29 is 4.52 Å². The standard InChI is InChI=1S/C15H12ClN3O/c16-12-6-4-11(5-7-12)15-18-14(20-19-15)9-10-2-1-3-13(17)8-10/h1-8H,9,17H2. The number of anilines is 1. The van der Waals surface area contributed by atoms with Crippen LogP contribution in [-0.2, 0) is 6.42 Å². The van der Waals surface area contributed by atoms with Crippen molar-refractivity contribution in [3.05, 3.63) is 65.0 Å². The Morgan fingerprint density at radius 3 is 2.65 bits per heavy atom. The second-order valence-corrected chi connectivity index (χ2v) is 4.88. The molecule has 3 rings (SSSR count). The first kappa shape index (κ1) is 12.7. The molecule has 0 radical (unpaired) electrons. The van der Waals surface area contributed by atoms with Gasteiger partial charge in [-0.15, -0.1) is 0 Å². The summed E-state index contributed by atoms with van der Waals surface area (Å²) in [6.07, 6.45) is 0.561. The topological polar surface area (TPSA) is 64.9 Å². The van der Waals surface area contributed by atoms with E-state index in [1.54, 1.807) is 12.1 Å². The van der Waals surface area contributed by atoms with Crippen molar-refractivity contribution in [3.8, 4) is 11.4 Å². The van der Waals surface area contributed by atoms with Crippen LogP contribution < -0.4 is 5.73 Å². The van der Waals surface area contributed by atoms with Gasteiger partial charge in [0.1, 0.15) is 0 Å². The third-order valence-electron chi connectivity index (χ3n) is 2.88. The number of nitrogens with zero attached hydrogens (tertiary/aromatic N) is 2. The molecule has 0 unspecified atom stereocenters. The summed E-state index contributed by atoms with van der Waals surface area (Å²) in [5.41, 5.74) is 8.38. The van der Waals surface area contributed by atoms with Crippen LogP contribution in [0, 0.1) is 0 Å². The molecule has 0 amide bonds. The minimum Gasteiger partial charge on any atom is -0.399 e. The normalized spacial score (nSPS) is 10.7. The van der Waals surface area contributed by atoms with Crippen LogP contribution in [0.15, 0.2) is 53.1 Å². The lowest BCUT2D eigenvalue weighted by Crippen LogP contribution is -1.91. The Hall–Kier alpha value is -2.33. The van der Waals surface area contributed by atoms with Crippen LogP contribution >= 0.6 is 11.6 Å². The van der Waals surface area contributed by atoms with E-state index < -0.39 is 0 Å². The zero-order chi connectivity index (χ0) is 13.9. The summed E-state index contributed by atoms with van der Waals surface area (Å²) in [7, 11) is 0. The molecule has 0 saturated carbocycles. The highest BCUT2D eigenvalue weighted by molar-refractivity contribution is 6.30. The van der Waals surface area contributed by atoms with Crippen LogP contribution in [0.3, 0.4) is 0 Å². The van der Waals surface area contributed by atoms with Crippen LogP contribution in [0.4, 0.5) is 5.69 Å². The van der Waals surface area contributed by atoms with E-state index in [2.05, 4.69) is 10.1 Å². The highest BCUT2D eigenvalue weighted by Gasteiger charge is 2.09. The van der Waals surface area contributed by atoms with Crippen LogP contribution in [-0.4, -0.2) is 10.1 Å². The van der Waals surface area contributed by atoms with Crippen molar-refractivity contribution >= 4 is 17.3 Å². The second kappa shape index (κ2) is 5.35. The largest absolute Gasteiger partial charge is 0.399 e. The minimum absolute atomic E-state index is 0.556. The molecule has 100 valence electrons. The Bertz CT molecular complexity index is 722. The van der Waals surface area contributed by atoms with E-state index in [0.29, 0.717) is 23.2 Å². The Morgan fingerprint density at radius 1 is 1.10 bits per heavy atom. The van der Waals surface area contributed by atoms with E-state index in [0.717, 1.165) is 16.8 Å². The number of hydrogen-bond acceptors (Lipinski definition) is 4. The highest BCUT2D eigenvalue weighted by atomic mass is 35.5. The van der Waals surface area contributed by atoms with Crippen LogP contribution in [0.5, 0.6) is 0 Å². The lowest BCUT2D eigenvalue weighted by atomic mass is 10.1. The quantitative estimate of drug-likeness (QED) is 0.747. The van der Waals surface area contributed by atoms with E-state index >= 15 is 0 Å².